The second-order valence-corrected chi connectivity index (χ2v) is 7.78. The van der Waals surface area contributed by atoms with Gasteiger partial charge in [0.1, 0.15) is 17.5 Å². The Hall–Kier alpha value is -3.51. The second-order valence-electron chi connectivity index (χ2n) is 7.78. The third-order valence-corrected chi connectivity index (χ3v) is 5.82. The van der Waals surface area contributed by atoms with Gasteiger partial charge >= 0.3 is 0 Å². The van der Waals surface area contributed by atoms with Gasteiger partial charge in [0.15, 0.2) is 5.65 Å². The van der Waals surface area contributed by atoms with Gasteiger partial charge in [-0.2, -0.15) is 5.10 Å². The summed E-state index contributed by atoms with van der Waals surface area (Å²) in [5, 5.41) is 4.26. The SMILES string of the molecule is O=C(C#Cc1cnn2ccc(N3CCCC3c3cc(F)ccc3F)nc12)N1CCOCC1. The first-order valence-electron chi connectivity index (χ1n) is 10.5. The van der Waals surface area contributed by atoms with Crippen LogP contribution in [0.1, 0.15) is 30.0 Å². The molecule has 0 aliphatic carbocycles. The van der Waals surface area contributed by atoms with Crippen LogP contribution in [0.25, 0.3) is 5.65 Å². The summed E-state index contributed by atoms with van der Waals surface area (Å²) >= 11 is 0. The summed E-state index contributed by atoms with van der Waals surface area (Å²) in [5.74, 6) is 5.03. The molecule has 0 saturated carbocycles. The average molecular weight is 437 g/mol. The predicted octanol–water partition coefficient (Wildman–Crippen LogP) is 2.56. The Balaban J connectivity index is 1.44. The van der Waals surface area contributed by atoms with Gasteiger partial charge in [-0.3, -0.25) is 4.79 Å². The minimum atomic E-state index is -0.463. The fourth-order valence-corrected chi connectivity index (χ4v) is 4.21. The highest BCUT2D eigenvalue weighted by Gasteiger charge is 2.30. The highest BCUT2D eigenvalue weighted by molar-refractivity contribution is 5.94. The van der Waals surface area contributed by atoms with Crippen LogP contribution in [0, 0.1) is 23.5 Å². The Kier molecular flexibility index (Phi) is 5.45. The van der Waals surface area contributed by atoms with Gasteiger partial charge in [0.25, 0.3) is 5.91 Å². The van der Waals surface area contributed by atoms with Gasteiger partial charge in [-0.15, -0.1) is 0 Å². The maximum atomic E-state index is 14.4. The van der Waals surface area contributed by atoms with Crippen molar-refractivity contribution in [2.75, 3.05) is 37.7 Å². The molecule has 0 bridgehead atoms. The van der Waals surface area contributed by atoms with Crippen molar-refractivity contribution < 1.29 is 18.3 Å². The monoisotopic (exact) mass is 437 g/mol. The lowest BCUT2D eigenvalue weighted by Crippen LogP contribution is -2.40. The molecule has 9 heteroatoms. The highest BCUT2D eigenvalue weighted by atomic mass is 19.1. The minimum absolute atomic E-state index is 0.259. The number of benzene rings is 1. The zero-order valence-corrected chi connectivity index (χ0v) is 17.3. The minimum Gasteiger partial charge on any atom is -0.378 e. The Morgan fingerprint density at radius 2 is 2.00 bits per heavy atom. The van der Waals surface area contributed by atoms with Crippen LogP contribution in [0.4, 0.5) is 14.6 Å². The summed E-state index contributed by atoms with van der Waals surface area (Å²) in [7, 11) is 0. The van der Waals surface area contributed by atoms with Gasteiger partial charge in [-0.25, -0.2) is 18.3 Å². The molecule has 0 spiro atoms. The average Bonchev–Trinajstić information content (AvgIpc) is 3.46. The van der Waals surface area contributed by atoms with E-state index in [9.17, 15) is 13.6 Å². The van der Waals surface area contributed by atoms with E-state index < -0.39 is 11.6 Å². The van der Waals surface area contributed by atoms with Crippen LogP contribution in [0.15, 0.2) is 36.7 Å². The van der Waals surface area contributed by atoms with Crippen LogP contribution in [-0.2, 0) is 9.53 Å². The van der Waals surface area contributed by atoms with Gasteiger partial charge in [-0.1, -0.05) is 5.92 Å². The largest absolute Gasteiger partial charge is 0.378 e. The number of aromatic nitrogens is 3. The first-order chi connectivity index (χ1) is 15.6. The number of morpholine rings is 1. The maximum absolute atomic E-state index is 14.4. The molecule has 7 nitrogen and oxygen atoms in total. The number of nitrogens with zero attached hydrogens (tertiary/aromatic N) is 5. The molecule has 4 heterocycles. The lowest BCUT2D eigenvalue weighted by Gasteiger charge is -2.26. The summed E-state index contributed by atoms with van der Waals surface area (Å²) in [5.41, 5.74) is 1.37. The van der Waals surface area contributed by atoms with Crippen LogP contribution in [0.3, 0.4) is 0 Å². The van der Waals surface area contributed by atoms with Crippen molar-refractivity contribution >= 4 is 17.4 Å². The fraction of sp³-hybridized carbons (Fsp3) is 0.348. The van der Waals surface area contributed by atoms with Crippen LogP contribution in [0.2, 0.25) is 0 Å². The summed E-state index contributed by atoms with van der Waals surface area (Å²) < 4.78 is 35.0. The Bertz CT molecular complexity index is 1230. The quantitative estimate of drug-likeness (QED) is 0.577. The first-order valence-corrected chi connectivity index (χ1v) is 10.5. The van der Waals surface area contributed by atoms with E-state index in [0.717, 1.165) is 18.6 Å². The third-order valence-electron chi connectivity index (χ3n) is 5.82. The highest BCUT2D eigenvalue weighted by Crippen LogP contribution is 2.36. The topological polar surface area (TPSA) is 63.0 Å². The second kappa shape index (κ2) is 8.55. The molecule has 2 saturated heterocycles. The van der Waals surface area contributed by atoms with Crippen molar-refractivity contribution in [1.29, 1.82) is 0 Å². The number of hydrogen-bond donors (Lipinski definition) is 0. The van der Waals surface area contributed by atoms with E-state index in [2.05, 4.69) is 16.9 Å². The molecule has 1 atom stereocenters. The first kappa shape index (κ1) is 20.4. The number of carbonyl (C=O) groups excluding carboxylic acids is 1. The van der Waals surface area contributed by atoms with Crippen molar-refractivity contribution in [1.82, 2.24) is 19.5 Å². The van der Waals surface area contributed by atoms with E-state index in [1.54, 1.807) is 27.9 Å². The number of fused-ring (bicyclic) bond motifs is 1. The molecule has 2 aromatic heterocycles. The predicted molar refractivity (Wildman–Crippen MR) is 113 cm³/mol. The van der Waals surface area contributed by atoms with Crippen molar-refractivity contribution in [3.63, 3.8) is 0 Å². The van der Waals surface area contributed by atoms with Crippen LogP contribution >= 0.6 is 0 Å². The summed E-state index contributed by atoms with van der Waals surface area (Å²) in [6, 6.07) is 5.03. The van der Waals surface area contributed by atoms with E-state index in [-0.39, 0.29) is 11.9 Å². The van der Waals surface area contributed by atoms with Crippen LogP contribution < -0.4 is 4.90 Å². The van der Waals surface area contributed by atoms with E-state index in [1.165, 1.54) is 6.07 Å². The Morgan fingerprint density at radius 1 is 1.16 bits per heavy atom. The molecule has 1 amide bonds. The molecule has 2 aliphatic heterocycles. The molecule has 2 aliphatic rings. The molecule has 2 fully saturated rings. The number of hydrogen-bond acceptors (Lipinski definition) is 5. The Morgan fingerprint density at radius 3 is 2.84 bits per heavy atom. The molecule has 3 aromatic rings. The lowest BCUT2D eigenvalue weighted by atomic mass is 10.0. The number of halogens is 2. The summed E-state index contributed by atoms with van der Waals surface area (Å²) in [6.07, 6.45) is 4.87. The molecule has 0 radical (unpaired) electrons. The molecule has 164 valence electrons. The zero-order chi connectivity index (χ0) is 22.1. The molecular weight excluding hydrogens is 416 g/mol. The molecule has 1 aromatic carbocycles. The van der Waals surface area contributed by atoms with E-state index >= 15 is 0 Å². The smallest absolute Gasteiger partial charge is 0.298 e. The van der Waals surface area contributed by atoms with Gasteiger partial charge < -0.3 is 14.5 Å². The number of rotatable bonds is 2. The van der Waals surface area contributed by atoms with Crippen molar-refractivity contribution in [3.05, 3.63) is 59.4 Å². The van der Waals surface area contributed by atoms with Gasteiger partial charge in [-0.05, 0) is 37.1 Å². The number of carbonyl (C=O) groups is 1. The van der Waals surface area contributed by atoms with Crippen LogP contribution in [0.5, 0.6) is 0 Å². The standard InChI is InChI=1S/C23H21F2N5O2/c24-17-4-5-19(25)18(14-17)20-2-1-8-29(20)21-7-9-30-23(27-21)16(15-26-30)3-6-22(31)28-10-12-32-13-11-28/h4-5,7,9,14-15,20H,1-2,8,10-13H2. The van der Waals surface area contributed by atoms with E-state index in [0.29, 0.717) is 61.9 Å². The normalized spacial score (nSPS) is 18.6. The maximum Gasteiger partial charge on any atom is 0.298 e. The van der Waals surface area contributed by atoms with Gasteiger partial charge in [0.2, 0.25) is 0 Å². The molecule has 5 rings (SSSR count). The summed E-state index contributed by atoms with van der Waals surface area (Å²) in [4.78, 5) is 20.7. The molecule has 32 heavy (non-hydrogen) atoms. The van der Waals surface area contributed by atoms with E-state index in [1.807, 2.05) is 4.90 Å². The molecule has 0 N–H and O–H groups in total. The van der Waals surface area contributed by atoms with Crippen molar-refractivity contribution in [2.45, 2.75) is 18.9 Å². The number of ether oxygens (including phenoxy) is 1. The lowest BCUT2D eigenvalue weighted by molar-refractivity contribution is -0.129. The Labute approximate surface area is 183 Å². The fourth-order valence-electron chi connectivity index (χ4n) is 4.21. The van der Waals surface area contributed by atoms with Crippen molar-refractivity contribution in [3.8, 4) is 11.8 Å². The van der Waals surface area contributed by atoms with Gasteiger partial charge in [0.05, 0.1) is 31.0 Å². The number of anilines is 1. The van der Waals surface area contributed by atoms with Gasteiger partial charge in [0, 0.05) is 37.3 Å². The van der Waals surface area contributed by atoms with Crippen LogP contribution in [-0.4, -0.2) is 58.3 Å². The van der Waals surface area contributed by atoms with Crippen molar-refractivity contribution in [2.24, 2.45) is 0 Å². The number of amides is 1. The van der Waals surface area contributed by atoms with E-state index in [4.69, 9.17) is 9.72 Å². The summed E-state index contributed by atoms with van der Waals surface area (Å²) in [6.45, 7) is 2.75. The molecular formula is C23H21F2N5O2. The zero-order valence-electron chi connectivity index (χ0n) is 17.3. The molecule has 1 unspecified atom stereocenters. The third kappa shape index (κ3) is 3.89.